The van der Waals surface area contributed by atoms with E-state index in [1.54, 1.807) is 0 Å². The average Bonchev–Trinajstić information content (AvgIpc) is 2.70. The molecule has 1 aliphatic carbocycles. The van der Waals surface area contributed by atoms with E-state index in [9.17, 15) is 4.79 Å². The van der Waals surface area contributed by atoms with Crippen LogP contribution in [0.1, 0.15) is 49.3 Å². The standard InChI is InChI=1S/C23H28ClNO2/c1-2-22(27-20-14-13-17-8-3-4-10-19(17)16-20)23(26)25-15-7-11-18-9-5-6-12-21(18)24/h5-6,9,12-14,16,22H,2-4,7-8,10-11,15H2,1H3,(H,25,26)/t22-/m0/s1. The van der Waals surface area contributed by atoms with Crippen molar-refractivity contribution in [3.8, 4) is 5.75 Å². The van der Waals surface area contributed by atoms with E-state index in [2.05, 4.69) is 17.4 Å². The second-order valence-corrected chi connectivity index (χ2v) is 7.55. The minimum atomic E-state index is -0.452. The Labute approximate surface area is 167 Å². The summed E-state index contributed by atoms with van der Waals surface area (Å²) in [6.07, 6.45) is 6.66. The number of rotatable bonds is 8. The van der Waals surface area contributed by atoms with Gasteiger partial charge < -0.3 is 10.1 Å². The van der Waals surface area contributed by atoms with E-state index in [0.717, 1.165) is 42.0 Å². The Morgan fingerprint density at radius 2 is 1.93 bits per heavy atom. The van der Waals surface area contributed by atoms with Crippen LogP contribution in [0.3, 0.4) is 0 Å². The molecule has 27 heavy (non-hydrogen) atoms. The SMILES string of the molecule is CC[C@H](Oc1ccc2c(c1)CCCC2)C(=O)NCCCc1ccccc1Cl. The van der Waals surface area contributed by atoms with Crippen molar-refractivity contribution in [2.24, 2.45) is 0 Å². The molecule has 2 aromatic rings. The predicted molar refractivity (Wildman–Crippen MR) is 111 cm³/mol. The van der Waals surface area contributed by atoms with Gasteiger partial charge in [0.25, 0.3) is 5.91 Å². The molecule has 0 aliphatic heterocycles. The lowest BCUT2D eigenvalue weighted by Gasteiger charge is -2.20. The van der Waals surface area contributed by atoms with E-state index in [4.69, 9.17) is 16.3 Å². The molecule has 144 valence electrons. The largest absolute Gasteiger partial charge is 0.481 e. The molecule has 0 saturated heterocycles. The van der Waals surface area contributed by atoms with E-state index in [1.165, 1.54) is 24.0 Å². The van der Waals surface area contributed by atoms with E-state index >= 15 is 0 Å². The Kier molecular flexibility index (Phi) is 7.17. The molecule has 3 rings (SSSR count). The highest BCUT2D eigenvalue weighted by atomic mass is 35.5. The zero-order valence-electron chi connectivity index (χ0n) is 16.0. The first kappa shape index (κ1) is 19.8. The van der Waals surface area contributed by atoms with E-state index < -0.39 is 6.10 Å². The molecule has 0 bridgehead atoms. The highest BCUT2D eigenvalue weighted by Gasteiger charge is 2.19. The van der Waals surface area contributed by atoms with Crippen molar-refractivity contribution in [2.45, 2.75) is 58.0 Å². The minimum absolute atomic E-state index is 0.0469. The van der Waals surface area contributed by atoms with Gasteiger partial charge in [-0.15, -0.1) is 0 Å². The van der Waals surface area contributed by atoms with Crippen LogP contribution in [0.4, 0.5) is 0 Å². The lowest BCUT2D eigenvalue weighted by atomic mass is 9.92. The first-order valence-electron chi connectivity index (χ1n) is 9.97. The molecule has 0 unspecified atom stereocenters. The number of halogens is 1. The fraction of sp³-hybridized carbons (Fsp3) is 0.435. The average molecular weight is 386 g/mol. The van der Waals surface area contributed by atoms with Crippen molar-refractivity contribution in [3.63, 3.8) is 0 Å². The highest BCUT2D eigenvalue weighted by molar-refractivity contribution is 6.31. The zero-order chi connectivity index (χ0) is 19.1. The van der Waals surface area contributed by atoms with Gasteiger partial charge in [-0.2, -0.15) is 0 Å². The fourth-order valence-electron chi connectivity index (χ4n) is 3.58. The summed E-state index contributed by atoms with van der Waals surface area (Å²) >= 11 is 6.17. The van der Waals surface area contributed by atoms with Crippen LogP contribution in [0.2, 0.25) is 5.02 Å². The van der Waals surface area contributed by atoms with Crippen molar-refractivity contribution in [1.29, 1.82) is 0 Å². The van der Waals surface area contributed by atoms with Crippen molar-refractivity contribution in [1.82, 2.24) is 5.32 Å². The predicted octanol–water partition coefficient (Wildman–Crippen LogP) is 5.13. The number of aryl methyl sites for hydroxylation is 3. The summed E-state index contributed by atoms with van der Waals surface area (Å²) in [5.41, 5.74) is 3.91. The van der Waals surface area contributed by atoms with Crippen molar-refractivity contribution < 1.29 is 9.53 Å². The number of benzene rings is 2. The third kappa shape index (κ3) is 5.49. The Balaban J connectivity index is 1.48. The Morgan fingerprint density at radius 1 is 1.15 bits per heavy atom. The highest BCUT2D eigenvalue weighted by Crippen LogP contribution is 2.26. The molecule has 3 nitrogen and oxygen atoms in total. The number of carbonyl (C=O) groups is 1. The van der Waals surface area contributed by atoms with Gasteiger partial charge in [0, 0.05) is 11.6 Å². The van der Waals surface area contributed by atoms with Gasteiger partial charge >= 0.3 is 0 Å². The maximum absolute atomic E-state index is 12.5. The van der Waals surface area contributed by atoms with Crippen LogP contribution in [0.15, 0.2) is 42.5 Å². The van der Waals surface area contributed by atoms with E-state index in [-0.39, 0.29) is 5.91 Å². The molecule has 0 saturated carbocycles. The molecular formula is C23H28ClNO2. The molecule has 1 N–H and O–H groups in total. The van der Waals surface area contributed by atoms with Gasteiger partial charge in [0.2, 0.25) is 0 Å². The molecule has 1 amide bonds. The van der Waals surface area contributed by atoms with Crippen LogP contribution in [-0.4, -0.2) is 18.6 Å². The normalized spacial score (nSPS) is 14.3. The minimum Gasteiger partial charge on any atom is -0.481 e. The summed E-state index contributed by atoms with van der Waals surface area (Å²) in [7, 11) is 0. The molecule has 0 fully saturated rings. The van der Waals surface area contributed by atoms with Crippen LogP contribution in [0, 0.1) is 0 Å². The summed E-state index contributed by atoms with van der Waals surface area (Å²) in [4.78, 5) is 12.5. The molecule has 0 spiro atoms. The fourth-order valence-corrected chi connectivity index (χ4v) is 3.81. The third-order valence-electron chi connectivity index (χ3n) is 5.14. The topological polar surface area (TPSA) is 38.3 Å². The molecule has 0 radical (unpaired) electrons. The summed E-state index contributed by atoms with van der Waals surface area (Å²) in [6.45, 7) is 2.60. The number of hydrogen-bond donors (Lipinski definition) is 1. The maximum atomic E-state index is 12.5. The van der Waals surface area contributed by atoms with Crippen molar-refractivity contribution >= 4 is 17.5 Å². The second kappa shape index (κ2) is 9.80. The van der Waals surface area contributed by atoms with E-state index in [0.29, 0.717) is 13.0 Å². The number of ether oxygens (including phenoxy) is 1. The van der Waals surface area contributed by atoms with Gasteiger partial charge in [-0.1, -0.05) is 42.8 Å². The Hall–Kier alpha value is -2.00. The first-order valence-corrected chi connectivity index (χ1v) is 10.3. The third-order valence-corrected chi connectivity index (χ3v) is 5.51. The number of nitrogens with one attached hydrogen (secondary N) is 1. The van der Waals surface area contributed by atoms with Gasteiger partial charge in [0.1, 0.15) is 5.75 Å². The summed E-state index contributed by atoms with van der Waals surface area (Å²) in [5.74, 6) is 0.753. The molecule has 2 aromatic carbocycles. The van der Waals surface area contributed by atoms with E-state index in [1.807, 2.05) is 37.3 Å². The van der Waals surface area contributed by atoms with Crippen LogP contribution >= 0.6 is 11.6 Å². The lowest BCUT2D eigenvalue weighted by molar-refractivity contribution is -0.128. The van der Waals surface area contributed by atoms with Gasteiger partial charge in [0.05, 0.1) is 0 Å². The number of amides is 1. The van der Waals surface area contributed by atoms with Gasteiger partial charge in [-0.25, -0.2) is 0 Å². The van der Waals surface area contributed by atoms with Crippen molar-refractivity contribution in [3.05, 3.63) is 64.2 Å². The Morgan fingerprint density at radius 3 is 2.70 bits per heavy atom. The number of carbonyl (C=O) groups excluding carboxylic acids is 1. The Bertz CT molecular complexity index is 775. The molecular weight excluding hydrogens is 358 g/mol. The number of hydrogen-bond acceptors (Lipinski definition) is 2. The first-order chi connectivity index (χ1) is 13.2. The molecule has 4 heteroatoms. The van der Waals surface area contributed by atoms with Gasteiger partial charge in [-0.3, -0.25) is 4.79 Å². The zero-order valence-corrected chi connectivity index (χ0v) is 16.7. The van der Waals surface area contributed by atoms with Gasteiger partial charge in [0.15, 0.2) is 6.10 Å². The summed E-state index contributed by atoms with van der Waals surface area (Å²) < 4.78 is 5.99. The second-order valence-electron chi connectivity index (χ2n) is 7.14. The van der Waals surface area contributed by atoms with Gasteiger partial charge in [-0.05, 0) is 79.8 Å². The summed E-state index contributed by atoms with van der Waals surface area (Å²) in [5, 5.41) is 3.78. The monoisotopic (exact) mass is 385 g/mol. The molecule has 0 aromatic heterocycles. The smallest absolute Gasteiger partial charge is 0.261 e. The van der Waals surface area contributed by atoms with Crippen LogP contribution in [-0.2, 0) is 24.1 Å². The van der Waals surface area contributed by atoms with Crippen LogP contribution < -0.4 is 10.1 Å². The lowest BCUT2D eigenvalue weighted by Crippen LogP contribution is -2.38. The van der Waals surface area contributed by atoms with Crippen LogP contribution in [0.5, 0.6) is 5.75 Å². The number of fused-ring (bicyclic) bond motifs is 1. The summed E-state index contributed by atoms with van der Waals surface area (Å²) in [6, 6.07) is 14.1. The quantitative estimate of drug-likeness (QED) is 0.640. The molecule has 0 heterocycles. The molecule has 1 atom stereocenters. The van der Waals surface area contributed by atoms with Crippen LogP contribution in [0.25, 0.3) is 0 Å². The van der Waals surface area contributed by atoms with Crippen molar-refractivity contribution in [2.75, 3.05) is 6.54 Å². The maximum Gasteiger partial charge on any atom is 0.261 e. The molecule has 1 aliphatic rings.